The van der Waals surface area contributed by atoms with E-state index in [-0.39, 0.29) is 18.9 Å². The third kappa shape index (κ3) is 4.95. The molecule has 0 spiro atoms. The summed E-state index contributed by atoms with van der Waals surface area (Å²) in [6, 6.07) is 1.56. The topological polar surface area (TPSA) is 92.0 Å². The maximum absolute atomic E-state index is 12.6. The smallest absolute Gasteiger partial charge is 0.358 e. The molecule has 0 bridgehead atoms. The number of aryl methyl sites for hydroxylation is 1. The van der Waals surface area contributed by atoms with Crippen molar-refractivity contribution >= 4 is 40.2 Å². The van der Waals surface area contributed by atoms with Crippen molar-refractivity contribution in [3.8, 4) is 0 Å². The summed E-state index contributed by atoms with van der Waals surface area (Å²) in [5.41, 5.74) is 1.23. The van der Waals surface area contributed by atoms with Crippen LogP contribution in [0.15, 0.2) is 6.07 Å². The van der Waals surface area contributed by atoms with E-state index in [2.05, 4.69) is 32.7 Å². The molecule has 0 saturated heterocycles. The van der Waals surface area contributed by atoms with E-state index in [1.807, 2.05) is 20.8 Å². The summed E-state index contributed by atoms with van der Waals surface area (Å²) < 4.78 is 18.3. The Morgan fingerprint density at radius 1 is 1.22 bits per heavy atom. The van der Waals surface area contributed by atoms with Crippen LogP contribution in [0, 0.1) is 10.6 Å². The lowest BCUT2D eigenvalue weighted by Crippen LogP contribution is -2.30. The normalized spacial score (nSPS) is 12.9. The van der Waals surface area contributed by atoms with Gasteiger partial charge in [-0.25, -0.2) is 19.1 Å². The van der Waals surface area contributed by atoms with E-state index in [0.717, 1.165) is 0 Å². The van der Waals surface area contributed by atoms with Crippen LogP contribution >= 0.6 is 22.6 Å². The average Bonchev–Trinajstić information content (AvgIpc) is 2.97. The molecule has 2 rings (SSSR count). The highest BCUT2D eigenvalue weighted by atomic mass is 127. The second kappa shape index (κ2) is 8.51. The standard InChI is InChI=1S/C18H24IN3O5/c1-7-25-16(23)11-9-12-20-10(3)13(15(19)22(12)21-11)14(17(24)26-8-2)27-18(4,5)6/h9,14H,7-8H2,1-6H3. The molecule has 0 aliphatic carbocycles. The van der Waals surface area contributed by atoms with Crippen LogP contribution in [0.25, 0.3) is 5.65 Å². The molecule has 0 aromatic carbocycles. The Balaban J connectivity index is 2.60. The quantitative estimate of drug-likeness (QED) is 0.350. The fourth-order valence-corrected chi connectivity index (χ4v) is 3.52. The van der Waals surface area contributed by atoms with E-state index >= 15 is 0 Å². The number of fused-ring (bicyclic) bond motifs is 1. The fourth-order valence-electron chi connectivity index (χ4n) is 2.49. The summed E-state index contributed by atoms with van der Waals surface area (Å²) in [6.07, 6.45) is -0.955. The van der Waals surface area contributed by atoms with E-state index < -0.39 is 23.6 Å². The Kier molecular flexibility index (Phi) is 6.79. The summed E-state index contributed by atoms with van der Waals surface area (Å²) in [4.78, 5) is 29.1. The Morgan fingerprint density at radius 2 is 1.85 bits per heavy atom. The second-order valence-electron chi connectivity index (χ2n) is 6.78. The maximum atomic E-state index is 12.6. The van der Waals surface area contributed by atoms with E-state index in [4.69, 9.17) is 14.2 Å². The largest absolute Gasteiger partial charge is 0.464 e. The van der Waals surface area contributed by atoms with Gasteiger partial charge in [0.1, 0.15) is 3.70 Å². The SMILES string of the molecule is CCOC(=O)c1cc2nc(C)c(C(OC(C)(C)C)C(=O)OCC)c(I)n2n1. The first kappa shape index (κ1) is 21.5. The Morgan fingerprint density at radius 3 is 2.41 bits per heavy atom. The lowest BCUT2D eigenvalue weighted by molar-refractivity contribution is -0.167. The summed E-state index contributed by atoms with van der Waals surface area (Å²) in [7, 11) is 0. The zero-order valence-electron chi connectivity index (χ0n) is 16.3. The van der Waals surface area contributed by atoms with E-state index in [1.165, 1.54) is 4.52 Å². The van der Waals surface area contributed by atoms with Crippen LogP contribution in [0.1, 0.15) is 62.5 Å². The van der Waals surface area contributed by atoms with Gasteiger partial charge in [-0.2, -0.15) is 5.10 Å². The van der Waals surface area contributed by atoms with Crippen LogP contribution in [-0.2, 0) is 19.0 Å². The molecule has 8 nitrogen and oxygen atoms in total. The van der Waals surface area contributed by atoms with Crippen molar-refractivity contribution in [1.82, 2.24) is 14.6 Å². The summed E-state index contributed by atoms with van der Waals surface area (Å²) in [5, 5.41) is 4.28. The molecule has 148 valence electrons. The molecule has 9 heteroatoms. The second-order valence-corrected chi connectivity index (χ2v) is 7.81. The number of rotatable bonds is 6. The molecule has 0 aliphatic rings. The van der Waals surface area contributed by atoms with Crippen LogP contribution in [0.5, 0.6) is 0 Å². The van der Waals surface area contributed by atoms with Crippen molar-refractivity contribution in [3.63, 3.8) is 0 Å². The highest BCUT2D eigenvalue weighted by Gasteiger charge is 2.33. The van der Waals surface area contributed by atoms with Gasteiger partial charge in [-0.15, -0.1) is 0 Å². The van der Waals surface area contributed by atoms with Gasteiger partial charge in [0.15, 0.2) is 17.4 Å². The number of carbonyl (C=O) groups is 2. The predicted molar refractivity (Wildman–Crippen MR) is 107 cm³/mol. The predicted octanol–water partition coefficient (Wildman–Crippen LogP) is 3.24. The lowest BCUT2D eigenvalue weighted by atomic mass is 10.1. The Hall–Kier alpha value is -1.75. The summed E-state index contributed by atoms with van der Waals surface area (Å²) in [5.74, 6) is -1.02. The van der Waals surface area contributed by atoms with Gasteiger partial charge in [-0.05, 0) is 64.1 Å². The van der Waals surface area contributed by atoms with Crippen molar-refractivity contribution in [2.45, 2.75) is 53.2 Å². The lowest BCUT2D eigenvalue weighted by Gasteiger charge is -2.27. The summed E-state index contributed by atoms with van der Waals surface area (Å²) >= 11 is 2.07. The monoisotopic (exact) mass is 489 g/mol. The molecule has 2 heterocycles. The highest BCUT2D eigenvalue weighted by Crippen LogP contribution is 2.31. The minimum absolute atomic E-state index is 0.156. The number of halogens is 1. The third-order valence-corrected chi connectivity index (χ3v) is 4.53. The van der Waals surface area contributed by atoms with Crippen LogP contribution in [0.4, 0.5) is 0 Å². The number of hydrogen-bond donors (Lipinski definition) is 0. The Bertz CT molecular complexity index is 857. The van der Waals surface area contributed by atoms with Gasteiger partial charge in [0.2, 0.25) is 0 Å². The van der Waals surface area contributed by atoms with E-state index in [1.54, 1.807) is 26.8 Å². The zero-order chi connectivity index (χ0) is 20.4. The van der Waals surface area contributed by atoms with Gasteiger partial charge in [0.05, 0.1) is 18.8 Å². The minimum Gasteiger partial charge on any atom is -0.464 e. The number of hydrogen-bond acceptors (Lipinski definition) is 7. The number of aromatic nitrogens is 3. The van der Waals surface area contributed by atoms with Crippen molar-refractivity contribution in [2.24, 2.45) is 0 Å². The molecular formula is C18H24IN3O5. The van der Waals surface area contributed by atoms with Crippen molar-refractivity contribution in [1.29, 1.82) is 0 Å². The average molecular weight is 489 g/mol. The van der Waals surface area contributed by atoms with Crippen LogP contribution in [0.2, 0.25) is 0 Å². The first-order valence-corrected chi connectivity index (χ1v) is 9.74. The van der Waals surface area contributed by atoms with Gasteiger partial charge in [0.25, 0.3) is 0 Å². The molecule has 1 unspecified atom stereocenters. The maximum Gasteiger partial charge on any atom is 0.358 e. The van der Waals surface area contributed by atoms with Crippen LogP contribution in [-0.4, -0.2) is 45.4 Å². The van der Waals surface area contributed by atoms with Gasteiger partial charge < -0.3 is 14.2 Å². The molecule has 0 aliphatic heterocycles. The first-order chi connectivity index (χ1) is 12.6. The molecule has 0 fully saturated rings. The molecule has 0 saturated carbocycles. The van der Waals surface area contributed by atoms with Crippen LogP contribution in [0.3, 0.4) is 0 Å². The number of esters is 2. The van der Waals surface area contributed by atoms with Gasteiger partial charge in [-0.3, -0.25) is 0 Å². The molecule has 0 radical (unpaired) electrons. The van der Waals surface area contributed by atoms with Gasteiger partial charge >= 0.3 is 11.9 Å². The fraction of sp³-hybridized carbons (Fsp3) is 0.556. The molecule has 2 aromatic heterocycles. The molecular weight excluding hydrogens is 465 g/mol. The molecule has 1 atom stereocenters. The molecule has 0 amide bonds. The van der Waals surface area contributed by atoms with E-state index in [0.29, 0.717) is 20.6 Å². The van der Waals surface area contributed by atoms with Crippen molar-refractivity contribution in [3.05, 3.63) is 26.7 Å². The number of carbonyl (C=O) groups excluding carboxylic acids is 2. The number of nitrogens with zero attached hydrogens (tertiary/aromatic N) is 3. The molecule has 2 aromatic rings. The Labute approximate surface area is 171 Å². The highest BCUT2D eigenvalue weighted by molar-refractivity contribution is 14.1. The third-order valence-electron chi connectivity index (χ3n) is 3.49. The summed E-state index contributed by atoms with van der Waals surface area (Å²) in [6.45, 7) is 11.3. The van der Waals surface area contributed by atoms with Gasteiger partial charge in [0, 0.05) is 17.3 Å². The number of ether oxygens (including phenoxy) is 3. The van der Waals surface area contributed by atoms with Crippen LogP contribution < -0.4 is 0 Å². The minimum atomic E-state index is -0.955. The van der Waals surface area contributed by atoms with Gasteiger partial charge in [-0.1, -0.05) is 0 Å². The van der Waals surface area contributed by atoms with Crippen molar-refractivity contribution < 1.29 is 23.8 Å². The van der Waals surface area contributed by atoms with Crippen molar-refractivity contribution in [2.75, 3.05) is 13.2 Å². The first-order valence-electron chi connectivity index (χ1n) is 8.66. The molecule has 27 heavy (non-hydrogen) atoms. The van der Waals surface area contributed by atoms with E-state index in [9.17, 15) is 9.59 Å². The molecule has 0 N–H and O–H groups in total. The zero-order valence-corrected chi connectivity index (χ0v) is 18.5.